The summed E-state index contributed by atoms with van der Waals surface area (Å²) >= 11 is 1.96. The van der Waals surface area contributed by atoms with E-state index in [-0.39, 0.29) is 0 Å². The topological polar surface area (TPSA) is 24.1 Å². The predicted octanol–water partition coefficient (Wildman–Crippen LogP) is 2.35. The molecule has 1 heterocycles. The number of fused-ring (bicyclic) bond motifs is 1. The minimum absolute atomic E-state index is 0.556. The molecule has 82 valence electrons. The summed E-state index contributed by atoms with van der Waals surface area (Å²) in [6, 6.07) is 7.14. The van der Waals surface area contributed by atoms with Crippen molar-refractivity contribution in [2.75, 3.05) is 24.7 Å². The number of anilines is 1. The molecule has 0 fully saturated rings. The van der Waals surface area contributed by atoms with Crippen LogP contribution >= 0.6 is 11.8 Å². The lowest BCUT2D eigenvalue weighted by Gasteiger charge is -2.28. The predicted molar refractivity (Wildman–Crippen MR) is 67.9 cm³/mol. The molecular formula is C12H18N2S. The Morgan fingerprint density at radius 2 is 2.40 bits per heavy atom. The van der Waals surface area contributed by atoms with Crippen molar-refractivity contribution in [3.8, 4) is 0 Å². The summed E-state index contributed by atoms with van der Waals surface area (Å²) in [5, 5.41) is 6.86. The van der Waals surface area contributed by atoms with Gasteiger partial charge in [-0.1, -0.05) is 19.1 Å². The molecule has 0 spiro atoms. The van der Waals surface area contributed by atoms with E-state index in [0.29, 0.717) is 6.04 Å². The summed E-state index contributed by atoms with van der Waals surface area (Å²) in [7, 11) is 2.01. The van der Waals surface area contributed by atoms with E-state index < -0.39 is 0 Å². The third-order valence-electron chi connectivity index (χ3n) is 2.73. The fourth-order valence-electron chi connectivity index (χ4n) is 1.95. The van der Waals surface area contributed by atoms with Crippen LogP contribution in [0.25, 0.3) is 0 Å². The molecule has 0 bridgehead atoms. The van der Waals surface area contributed by atoms with Gasteiger partial charge in [0.25, 0.3) is 0 Å². The van der Waals surface area contributed by atoms with Crippen LogP contribution in [0.4, 0.5) is 5.69 Å². The number of hydrogen-bond donors (Lipinski definition) is 2. The zero-order chi connectivity index (χ0) is 10.7. The molecule has 1 aliphatic heterocycles. The molecule has 0 amide bonds. The molecule has 1 aromatic rings. The Balaban J connectivity index is 2.22. The number of nitrogens with one attached hydrogen (secondary N) is 2. The number of para-hydroxylation sites is 1. The summed E-state index contributed by atoms with van der Waals surface area (Å²) < 4.78 is 0. The number of benzene rings is 1. The second kappa shape index (κ2) is 4.90. The third-order valence-corrected chi connectivity index (χ3v) is 3.95. The van der Waals surface area contributed by atoms with Gasteiger partial charge in [-0.2, -0.15) is 0 Å². The Morgan fingerprint density at radius 1 is 1.53 bits per heavy atom. The number of rotatable bonds is 3. The standard InChI is InChI=1S/C12H18N2S/c1-3-9-5-4-6-11-12(9)14-10(7-13-2)8-15-11/h4-6,10,13-14H,3,7-8H2,1-2H3. The summed E-state index contributed by atoms with van der Waals surface area (Å²) in [5.74, 6) is 1.15. The van der Waals surface area contributed by atoms with E-state index in [2.05, 4.69) is 35.8 Å². The van der Waals surface area contributed by atoms with Gasteiger partial charge in [0.2, 0.25) is 0 Å². The van der Waals surface area contributed by atoms with E-state index >= 15 is 0 Å². The van der Waals surface area contributed by atoms with Crippen molar-refractivity contribution in [1.82, 2.24) is 5.32 Å². The van der Waals surface area contributed by atoms with Gasteiger partial charge in [0.1, 0.15) is 0 Å². The first-order chi connectivity index (χ1) is 7.35. The highest BCUT2D eigenvalue weighted by Gasteiger charge is 2.19. The van der Waals surface area contributed by atoms with Crippen LogP contribution in [-0.2, 0) is 6.42 Å². The quantitative estimate of drug-likeness (QED) is 0.821. The van der Waals surface area contributed by atoms with Crippen LogP contribution in [0.2, 0.25) is 0 Å². The normalized spacial score (nSPS) is 19.5. The van der Waals surface area contributed by atoms with Crippen molar-refractivity contribution in [2.24, 2.45) is 0 Å². The molecule has 0 saturated carbocycles. The minimum Gasteiger partial charge on any atom is -0.379 e. The highest BCUT2D eigenvalue weighted by Crippen LogP contribution is 2.35. The van der Waals surface area contributed by atoms with Crippen molar-refractivity contribution in [3.63, 3.8) is 0 Å². The first-order valence-electron chi connectivity index (χ1n) is 5.51. The van der Waals surface area contributed by atoms with Crippen molar-refractivity contribution in [2.45, 2.75) is 24.3 Å². The molecular weight excluding hydrogens is 204 g/mol. The molecule has 3 heteroatoms. The maximum atomic E-state index is 3.63. The molecule has 0 radical (unpaired) electrons. The van der Waals surface area contributed by atoms with E-state index in [4.69, 9.17) is 0 Å². The lowest BCUT2D eigenvalue weighted by molar-refractivity contribution is 0.700. The Bertz CT molecular complexity index is 324. The number of hydrogen-bond acceptors (Lipinski definition) is 3. The average Bonchev–Trinajstić information content (AvgIpc) is 2.28. The molecule has 1 atom stereocenters. The Hall–Kier alpha value is -0.670. The molecule has 1 unspecified atom stereocenters. The van der Waals surface area contributed by atoms with Crippen LogP contribution < -0.4 is 10.6 Å². The maximum Gasteiger partial charge on any atom is 0.0513 e. The minimum atomic E-state index is 0.556. The van der Waals surface area contributed by atoms with E-state index in [0.717, 1.165) is 18.7 Å². The average molecular weight is 222 g/mol. The van der Waals surface area contributed by atoms with Crippen molar-refractivity contribution in [3.05, 3.63) is 23.8 Å². The third kappa shape index (κ3) is 2.29. The number of thioether (sulfide) groups is 1. The molecule has 0 saturated heterocycles. The highest BCUT2D eigenvalue weighted by molar-refractivity contribution is 7.99. The lowest BCUT2D eigenvalue weighted by atomic mass is 10.1. The van der Waals surface area contributed by atoms with E-state index in [9.17, 15) is 0 Å². The second-order valence-corrected chi connectivity index (χ2v) is 4.92. The molecule has 15 heavy (non-hydrogen) atoms. The molecule has 0 aliphatic carbocycles. The van der Waals surface area contributed by atoms with Gasteiger partial charge in [-0.15, -0.1) is 11.8 Å². The number of aryl methyl sites for hydroxylation is 1. The monoisotopic (exact) mass is 222 g/mol. The van der Waals surface area contributed by atoms with Crippen LogP contribution in [0.3, 0.4) is 0 Å². The molecule has 2 N–H and O–H groups in total. The smallest absolute Gasteiger partial charge is 0.0513 e. The fourth-order valence-corrected chi connectivity index (χ4v) is 3.04. The molecule has 0 aromatic heterocycles. The van der Waals surface area contributed by atoms with Crippen LogP contribution in [0.15, 0.2) is 23.1 Å². The van der Waals surface area contributed by atoms with Crippen molar-refractivity contribution < 1.29 is 0 Å². The summed E-state index contributed by atoms with van der Waals surface area (Å²) in [6.45, 7) is 3.24. The van der Waals surface area contributed by atoms with Crippen LogP contribution in [0.1, 0.15) is 12.5 Å². The van der Waals surface area contributed by atoms with Crippen LogP contribution in [-0.4, -0.2) is 25.4 Å². The van der Waals surface area contributed by atoms with Crippen LogP contribution in [0, 0.1) is 0 Å². The van der Waals surface area contributed by atoms with Gasteiger partial charge in [0.05, 0.1) is 5.69 Å². The van der Waals surface area contributed by atoms with Gasteiger partial charge in [-0.3, -0.25) is 0 Å². The largest absolute Gasteiger partial charge is 0.379 e. The Morgan fingerprint density at radius 3 is 3.13 bits per heavy atom. The van der Waals surface area contributed by atoms with E-state index in [1.165, 1.54) is 16.1 Å². The lowest BCUT2D eigenvalue weighted by Crippen LogP contribution is -2.35. The fraction of sp³-hybridized carbons (Fsp3) is 0.500. The summed E-state index contributed by atoms with van der Waals surface area (Å²) in [5.41, 5.74) is 2.79. The maximum absolute atomic E-state index is 3.63. The van der Waals surface area contributed by atoms with E-state index in [1.54, 1.807) is 0 Å². The Kier molecular flexibility index (Phi) is 3.54. The first kappa shape index (κ1) is 10.8. The van der Waals surface area contributed by atoms with Gasteiger partial charge in [-0.05, 0) is 25.1 Å². The molecule has 2 nitrogen and oxygen atoms in total. The van der Waals surface area contributed by atoms with Crippen molar-refractivity contribution in [1.29, 1.82) is 0 Å². The second-order valence-electron chi connectivity index (χ2n) is 3.85. The van der Waals surface area contributed by atoms with Gasteiger partial charge in [-0.25, -0.2) is 0 Å². The summed E-state index contributed by atoms with van der Waals surface area (Å²) in [6.07, 6.45) is 1.10. The molecule has 1 aliphatic rings. The van der Waals surface area contributed by atoms with Gasteiger partial charge in [0.15, 0.2) is 0 Å². The highest BCUT2D eigenvalue weighted by atomic mass is 32.2. The van der Waals surface area contributed by atoms with Crippen molar-refractivity contribution >= 4 is 17.4 Å². The SMILES string of the molecule is CCc1cccc2c1NC(CNC)CS2. The molecule has 2 rings (SSSR count). The van der Waals surface area contributed by atoms with Gasteiger partial charge < -0.3 is 10.6 Å². The van der Waals surface area contributed by atoms with E-state index in [1.807, 2.05) is 18.8 Å². The molecule has 1 aromatic carbocycles. The zero-order valence-corrected chi connectivity index (χ0v) is 10.2. The summed E-state index contributed by atoms with van der Waals surface area (Å²) in [4.78, 5) is 1.40. The van der Waals surface area contributed by atoms with Crippen LogP contribution in [0.5, 0.6) is 0 Å². The zero-order valence-electron chi connectivity index (χ0n) is 9.34. The first-order valence-corrected chi connectivity index (χ1v) is 6.49. The van der Waals surface area contributed by atoms with Gasteiger partial charge >= 0.3 is 0 Å². The Labute approximate surface area is 95.8 Å². The van der Waals surface area contributed by atoms with Gasteiger partial charge in [0, 0.05) is 23.2 Å². The number of likely N-dealkylation sites (N-methyl/N-ethyl adjacent to an activating group) is 1.